The Hall–Kier alpha value is -9.92. The molecule has 488 valence electrons. The van der Waals surface area contributed by atoms with Gasteiger partial charge in [-0.25, -0.2) is 24.7 Å². The van der Waals surface area contributed by atoms with Crippen LogP contribution in [-0.2, 0) is 37.1 Å². The number of aromatic nitrogens is 4. The van der Waals surface area contributed by atoms with Crippen molar-refractivity contribution in [2.75, 3.05) is 0 Å². The molecule has 2 aromatic heterocycles. The van der Waals surface area contributed by atoms with Crippen molar-refractivity contribution >= 4 is 111 Å². The van der Waals surface area contributed by atoms with Gasteiger partial charge >= 0.3 is 5.97 Å². The molecule has 2 saturated carbocycles. The first-order valence-corrected chi connectivity index (χ1v) is 33.9. The average Bonchev–Trinajstić information content (AvgIpc) is 0.728. The molecular formula is C82H83N7O7. The second-order valence-corrected chi connectivity index (χ2v) is 27.6. The molecule has 5 heterocycles. The second kappa shape index (κ2) is 27.1. The lowest BCUT2D eigenvalue weighted by atomic mass is 9.64. The van der Waals surface area contributed by atoms with Gasteiger partial charge in [-0.2, -0.15) is 0 Å². The normalized spacial score (nSPS) is 20.3. The summed E-state index contributed by atoms with van der Waals surface area (Å²) in [5, 5.41) is 12.9. The number of nitrogens with one attached hydrogen (secondary N) is 1. The summed E-state index contributed by atoms with van der Waals surface area (Å²) in [6.45, 7) is 17.7. The highest BCUT2D eigenvalue weighted by Crippen LogP contribution is 2.58. The number of para-hydroxylation sites is 4. The van der Waals surface area contributed by atoms with Crippen LogP contribution in [0, 0.1) is 23.7 Å². The lowest BCUT2D eigenvalue weighted by Gasteiger charge is -2.49. The number of hydroxylamine groups is 2. The number of hydrogen-bond donors (Lipinski definition) is 2. The Bertz CT molecular complexity index is 4760. The number of hydrogen-bond acceptors (Lipinski definition) is 12. The summed E-state index contributed by atoms with van der Waals surface area (Å²) in [6, 6.07) is 62.3. The first-order chi connectivity index (χ1) is 46.3. The Morgan fingerprint density at radius 2 is 0.854 bits per heavy atom. The number of nitrogens with zero attached hydrogens (tertiary/aromatic N) is 5. The third kappa shape index (κ3) is 12.9. The van der Waals surface area contributed by atoms with Gasteiger partial charge in [-0.3, -0.25) is 14.4 Å². The van der Waals surface area contributed by atoms with Crippen LogP contribution in [0.3, 0.4) is 0 Å². The van der Waals surface area contributed by atoms with Crippen LogP contribution in [0.4, 0.5) is 0 Å². The maximum absolute atomic E-state index is 10.8. The molecule has 0 spiro atoms. The summed E-state index contributed by atoms with van der Waals surface area (Å²) in [7, 11) is 0. The van der Waals surface area contributed by atoms with Crippen molar-refractivity contribution in [1.29, 1.82) is 0 Å². The SMILES string of the molecule is CC(=O)NCc1cccc2ccccc12.CC(=O)ON1C(=O)CCC1=O.C[C@H]1CC[C@H]2[C@H](C1)c1c(c3ccccc3c3nc4ccccc4nc13)OC2(C)C.C[C@H]1CC[C@H]2[C@H](C1)c1c(c3ccccc3c3nc4ccccc4nc13)OC2(C)C.NCc1cccc2ccccc12. The summed E-state index contributed by atoms with van der Waals surface area (Å²) in [5.41, 5.74) is 18.2. The summed E-state index contributed by atoms with van der Waals surface area (Å²) >= 11 is 0. The summed E-state index contributed by atoms with van der Waals surface area (Å²) < 4.78 is 13.6. The minimum Gasteiger partial charge on any atom is -0.487 e. The van der Waals surface area contributed by atoms with Gasteiger partial charge < -0.3 is 25.4 Å². The van der Waals surface area contributed by atoms with E-state index in [0.717, 1.165) is 90.7 Å². The lowest BCUT2D eigenvalue weighted by Crippen LogP contribution is -2.46. The molecule has 3 fully saturated rings. The van der Waals surface area contributed by atoms with Gasteiger partial charge in [0.15, 0.2) is 0 Å². The van der Waals surface area contributed by atoms with Crippen LogP contribution in [0.15, 0.2) is 182 Å². The first-order valence-electron chi connectivity index (χ1n) is 33.9. The molecule has 3 aliphatic heterocycles. The molecule has 10 aromatic carbocycles. The van der Waals surface area contributed by atoms with Crippen molar-refractivity contribution in [2.45, 2.75) is 143 Å². The number of carbonyl (C=O) groups is 4. The number of fused-ring (bicyclic) bond motifs is 20. The van der Waals surface area contributed by atoms with Gasteiger partial charge in [0.25, 0.3) is 11.8 Å². The van der Waals surface area contributed by atoms with Crippen LogP contribution in [0.1, 0.15) is 141 Å². The van der Waals surface area contributed by atoms with Crippen molar-refractivity contribution < 1.29 is 33.5 Å². The largest absolute Gasteiger partial charge is 0.487 e. The number of carbonyl (C=O) groups excluding carboxylic acids is 4. The zero-order valence-corrected chi connectivity index (χ0v) is 56.0. The van der Waals surface area contributed by atoms with E-state index in [2.05, 4.69) is 167 Å². The highest BCUT2D eigenvalue weighted by Gasteiger charge is 2.49. The van der Waals surface area contributed by atoms with Crippen molar-refractivity contribution in [2.24, 2.45) is 29.4 Å². The zero-order valence-electron chi connectivity index (χ0n) is 56.0. The maximum atomic E-state index is 10.8. The topological polar surface area (TPSA) is 189 Å². The van der Waals surface area contributed by atoms with E-state index in [1.807, 2.05) is 66.7 Å². The van der Waals surface area contributed by atoms with Gasteiger partial charge in [-0.1, -0.05) is 184 Å². The van der Waals surface area contributed by atoms with Crippen molar-refractivity contribution in [1.82, 2.24) is 30.3 Å². The van der Waals surface area contributed by atoms with E-state index in [9.17, 15) is 19.2 Å². The van der Waals surface area contributed by atoms with Crippen LogP contribution >= 0.6 is 0 Å². The van der Waals surface area contributed by atoms with Gasteiger partial charge in [0.05, 0.1) is 44.1 Å². The summed E-state index contributed by atoms with van der Waals surface area (Å²) in [4.78, 5) is 67.5. The average molecular weight is 1280 g/mol. The molecule has 0 unspecified atom stereocenters. The minimum atomic E-state index is -0.659. The summed E-state index contributed by atoms with van der Waals surface area (Å²) in [6.07, 6.45) is 7.66. The maximum Gasteiger partial charge on any atom is 0.330 e. The molecule has 5 aliphatic rings. The quantitative estimate of drug-likeness (QED) is 0.0965. The number of nitrogens with two attached hydrogens (primary N) is 1. The lowest BCUT2D eigenvalue weighted by molar-refractivity contribution is -0.195. The number of imide groups is 1. The third-order valence-corrected chi connectivity index (χ3v) is 20.2. The number of rotatable bonds is 4. The Balaban J connectivity index is 0.000000115. The molecule has 14 nitrogen and oxygen atoms in total. The van der Waals surface area contributed by atoms with Gasteiger partial charge in [0, 0.05) is 84.3 Å². The second-order valence-electron chi connectivity index (χ2n) is 27.6. The van der Waals surface area contributed by atoms with E-state index in [-0.39, 0.29) is 30.0 Å². The highest BCUT2D eigenvalue weighted by atomic mass is 16.7. The van der Waals surface area contributed by atoms with E-state index < -0.39 is 17.8 Å². The predicted molar refractivity (Wildman–Crippen MR) is 383 cm³/mol. The smallest absolute Gasteiger partial charge is 0.330 e. The molecule has 6 atom stereocenters. The Kier molecular flexibility index (Phi) is 18.3. The Morgan fingerprint density at radius 1 is 0.490 bits per heavy atom. The van der Waals surface area contributed by atoms with Gasteiger partial charge in [0.1, 0.15) is 22.7 Å². The molecule has 0 radical (unpaired) electrons. The van der Waals surface area contributed by atoms with Crippen LogP contribution in [0.5, 0.6) is 11.5 Å². The number of ether oxygens (including phenoxy) is 2. The van der Waals surface area contributed by atoms with Gasteiger partial charge in [-0.05, 0) is 134 Å². The molecule has 12 aromatic rings. The van der Waals surface area contributed by atoms with E-state index in [1.54, 1.807) is 0 Å². The molecule has 0 bridgehead atoms. The molecule has 3 N–H and O–H groups in total. The summed E-state index contributed by atoms with van der Waals surface area (Å²) in [5.74, 6) is 3.96. The fourth-order valence-electron chi connectivity index (χ4n) is 15.6. The molecule has 17 rings (SSSR count). The number of amides is 3. The van der Waals surface area contributed by atoms with Gasteiger partial charge in [0.2, 0.25) is 5.91 Å². The van der Waals surface area contributed by atoms with Crippen molar-refractivity contribution in [3.05, 3.63) is 204 Å². The Labute approximate surface area is 559 Å². The first kappa shape index (κ1) is 64.8. The van der Waals surface area contributed by atoms with Crippen molar-refractivity contribution in [3.63, 3.8) is 0 Å². The van der Waals surface area contributed by atoms with E-state index in [4.69, 9.17) is 35.1 Å². The van der Waals surface area contributed by atoms with Gasteiger partial charge in [-0.15, -0.1) is 5.06 Å². The molecule has 2 aliphatic carbocycles. The third-order valence-electron chi connectivity index (χ3n) is 20.2. The van der Waals surface area contributed by atoms with Crippen LogP contribution in [-0.4, -0.2) is 59.9 Å². The standard InChI is InChI=1S/2C26H26N2O.C13H13NO.C11H11N.C6H7NO4/c2*1-15-12-13-19-18(14-15)22-24-23(27-20-10-6-7-11-21(20)28-24)16-8-4-5-9-17(16)25(22)29-26(19,2)3;1-10(15)14-9-12-7-4-6-11-5-2-3-8-13(11)12;12-8-10-6-3-5-9-4-1-2-7-11(9)10;1-4(8)11-7-5(9)2-3-6(7)10/h2*4-11,15,18-19H,12-14H2,1-3H3;2-8H,9H2,1H3,(H,14,15);1-7H,8,12H2;2-3H2,1H3/t2*15-,18-,19-;;;/m00.../s1. The highest BCUT2D eigenvalue weighted by molar-refractivity contribution is 6.12. The van der Waals surface area contributed by atoms with Crippen LogP contribution < -0.4 is 20.5 Å². The Morgan fingerprint density at radius 3 is 1.27 bits per heavy atom. The monoisotopic (exact) mass is 1280 g/mol. The van der Waals surface area contributed by atoms with Crippen molar-refractivity contribution in [3.8, 4) is 11.5 Å². The fraction of sp³-hybridized carbons (Fsp3) is 0.317. The molecular weight excluding hydrogens is 1190 g/mol. The predicted octanol–water partition coefficient (Wildman–Crippen LogP) is 17.6. The molecule has 1 saturated heterocycles. The van der Waals surface area contributed by atoms with Crippen LogP contribution in [0.2, 0.25) is 0 Å². The molecule has 3 amide bonds. The minimum absolute atomic E-state index is 0.00272. The zero-order chi connectivity index (χ0) is 67.0. The molecule has 14 heteroatoms. The van der Waals surface area contributed by atoms with Crippen LogP contribution in [0.25, 0.3) is 87.2 Å². The fourth-order valence-corrected chi connectivity index (χ4v) is 15.6. The number of benzene rings is 10. The van der Waals surface area contributed by atoms with E-state index in [1.165, 1.54) is 94.5 Å². The van der Waals surface area contributed by atoms with E-state index >= 15 is 0 Å². The van der Waals surface area contributed by atoms with E-state index in [0.29, 0.717) is 41.8 Å². The molecule has 96 heavy (non-hydrogen) atoms.